The van der Waals surface area contributed by atoms with Gasteiger partial charge < -0.3 is 4.74 Å². The predicted molar refractivity (Wildman–Crippen MR) is 323 cm³/mol. The lowest BCUT2D eigenvalue weighted by atomic mass is 9.59. The number of ether oxygens (including phenoxy) is 1. The summed E-state index contributed by atoms with van der Waals surface area (Å²) in [6.45, 7) is 35.0. The van der Waals surface area contributed by atoms with E-state index in [1.807, 2.05) is 67.8 Å². The standard InChI is InChI=1S/C73H73N3O2/c1-44-34-64(48-29-31-60-62(39-48)70(8,9)72(12,13)68(60,4)5)74-42-58(44)56-27-21-19-25-54(56)50-36-51(38-52(37-50)67(77)78-53-33-46(3)66(76-41-53)47-23-17-16-18-24-47)55-26-20-22-28-57(55)59-43-75-65(35-45(59)2)49-30-32-61-63(40-49)71(10,11)73(14,15)69(61,6)7/h16-43H,1-15H3. The Morgan fingerprint density at radius 1 is 0.359 bits per heavy atom. The zero-order chi connectivity index (χ0) is 55.5. The van der Waals surface area contributed by atoms with Crippen LogP contribution in [0.1, 0.15) is 132 Å². The number of pyridine rings is 3. The van der Waals surface area contributed by atoms with Crippen LogP contribution >= 0.6 is 0 Å². The number of fused-ring (bicyclic) bond motifs is 2. The van der Waals surface area contributed by atoms with Crippen molar-refractivity contribution in [1.82, 2.24) is 15.0 Å². The van der Waals surface area contributed by atoms with Crippen LogP contribution in [0.3, 0.4) is 0 Å². The van der Waals surface area contributed by atoms with E-state index in [0.29, 0.717) is 11.3 Å². The summed E-state index contributed by atoms with van der Waals surface area (Å²) in [6.07, 6.45) is 5.67. The van der Waals surface area contributed by atoms with Crippen LogP contribution in [0, 0.1) is 31.6 Å². The molecular formula is C73H73N3O2. The van der Waals surface area contributed by atoms with Gasteiger partial charge in [0.15, 0.2) is 0 Å². The van der Waals surface area contributed by atoms with Crippen molar-refractivity contribution in [1.29, 1.82) is 0 Å². The summed E-state index contributed by atoms with van der Waals surface area (Å²) in [4.78, 5) is 29.8. The number of nitrogens with zero attached hydrogens (tertiary/aromatic N) is 3. The molecule has 392 valence electrons. The Bertz CT molecular complexity index is 3690. The average Bonchev–Trinajstić information content (AvgIpc) is 2.94. The second kappa shape index (κ2) is 18.4. The molecule has 0 saturated carbocycles. The number of rotatable bonds is 9. The minimum atomic E-state index is -0.472. The summed E-state index contributed by atoms with van der Waals surface area (Å²) in [5.74, 6) is -0.0908. The summed E-state index contributed by atoms with van der Waals surface area (Å²) in [6, 6.07) is 53.3. The Hall–Kier alpha value is -7.76. The van der Waals surface area contributed by atoms with E-state index in [0.717, 1.165) is 95.0 Å². The SMILES string of the molecule is Cc1cc(-c2ccc3c(c2)C(C)(C)C(C)(C)C3(C)C)ncc1-c1ccccc1-c1cc(C(=O)Oc2cnc(-c3ccccc3)c(C)c2)cc(-c2ccccc2-c2cnc(-c3ccc4c(c3)C(C)(C)C(C)(C)C4(C)C)cc2C)c1. The fourth-order valence-corrected chi connectivity index (χ4v) is 13.1. The number of hydrogen-bond donors (Lipinski definition) is 0. The first-order chi connectivity index (χ1) is 36.8. The van der Waals surface area contributed by atoms with Gasteiger partial charge in [0, 0.05) is 40.2 Å². The largest absolute Gasteiger partial charge is 0.421 e. The summed E-state index contributed by atoms with van der Waals surface area (Å²) < 4.78 is 6.24. The summed E-state index contributed by atoms with van der Waals surface area (Å²) >= 11 is 0. The molecule has 0 aliphatic heterocycles. The zero-order valence-corrected chi connectivity index (χ0v) is 48.3. The maximum atomic E-state index is 14.7. The highest BCUT2D eigenvalue weighted by Crippen LogP contribution is 2.63. The highest BCUT2D eigenvalue weighted by Gasteiger charge is 2.58. The minimum absolute atomic E-state index is 0.0184. The number of benzene rings is 6. The van der Waals surface area contributed by atoms with Crippen molar-refractivity contribution >= 4 is 5.97 Å². The quantitative estimate of drug-likeness (QED) is 0.135. The van der Waals surface area contributed by atoms with E-state index >= 15 is 0 Å². The van der Waals surface area contributed by atoms with Crippen LogP contribution in [0.2, 0.25) is 0 Å². The van der Waals surface area contributed by atoms with Crippen molar-refractivity contribution < 1.29 is 9.53 Å². The van der Waals surface area contributed by atoms with Crippen LogP contribution in [0.15, 0.2) is 170 Å². The highest BCUT2D eigenvalue weighted by molar-refractivity contribution is 5.98. The van der Waals surface area contributed by atoms with Gasteiger partial charge in [-0.1, -0.05) is 186 Å². The number of esters is 1. The van der Waals surface area contributed by atoms with Gasteiger partial charge in [0.1, 0.15) is 5.75 Å². The first kappa shape index (κ1) is 52.3. The first-order valence-electron chi connectivity index (χ1n) is 27.7. The fourth-order valence-electron chi connectivity index (χ4n) is 13.1. The van der Waals surface area contributed by atoms with E-state index in [9.17, 15) is 4.79 Å². The Morgan fingerprint density at radius 2 is 0.782 bits per heavy atom. The molecule has 5 nitrogen and oxygen atoms in total. The summed E-state index contributed by atoms with van der Waals surface area (Å²) in [7, 11) is 0. The van der Waals surface area contributed by atoms with Crippen molar-refractivity contribution in [2.24, 2.45) is 10.8 Å². The van der Waals surface area contributed by atoms with Gasteiger partial charge in [-0.15, -0.1) is 0 Å². The van der Waals surface area contributed by atoms with E-state index in [2.05, 4.69) is 200 Å². The van der Waals surface area contributed by atoms with Gasteiger partial charge in [0.2, 0.25) is 0 Å². The second-order valence-corrected chi connectivity index (χ2v) is 25.5. The third-order valence-corrected chi connectivity index (χ3v) is 20.3. The zero-order valence-electron chi connectivity index (χ0n) is 48.3. The molecule has 2 aliphatic rings. The molecule has 0 spiro atoms. The molecule has 6 aromatic carbocycles. The third-order valence-electron chi connectivity index (χ3n) is 20.3. The molecule has 0 unspecified atom stereocenters. The molecule has 0 fully saturated rings. The lowest BCUT2D eigenvalue weighted by Crippen LogP contribution is -2.42. The van der Waals surface area contributed by atoms with E-state index < -0.39 is 5.97 Å². The molecule has 3 heterocycles. The van der Waals surface area contributed by atoms with Gasteiger partial charge in [-0.3, -0.25) is 15.0 Å². The molecule has 2 aliphatic carbocycles. The average molecular weight is 1020 g/mol. The molecule has 11 rings (SSSR count). The smallest absolute Gasteiger partial charge is 0.343 e. The van der Waals surface area contributed by atoms with E-state index in [1.54, 1.807) is 6.20 Å². The Balaban J connectivity index is 0.995. The monoisotopic (exact) mass is 1020 g/mol. The number of aromatic nitrogens is 3. The minimum Gasteiger partial charge on any atom is -0.421 e. The van der Waals surface area contributed by atoms with Crippen molar-refractivity contribution in [3.63, 3.8) is 0 Å². The lowest BCUT2D eigenvalue weighted by molar-refractivity contribution is 0.0734. The molecule has 78 heavy (non-hydrogen) atoms. The van der Waals surface area contributed by atoms with E-state index in [1.165, 1.54) is 22.3 Å². The van der Waals surface area contributed by atoms with Gasteiger partial charge >= 0.3 is 5.97 Å². The summed E-state index contributed by atoms with van der Waals surface area (Å²) in [5.41, 5.74) is 23.1. The van der Waals surface area contributed by atoms with Crippen LogP contribution < -0.4 is 4.74 Å². The van der Waals surface area contributed by atoms with Gasteiger partial charge in [0.25, 0.3) is 0 Å². The van der Waals surface area contributed by atoms with Crippen LogP contribution in [0.4, 0.5) is 0 Å². The number of carbonyl (C=O) groups excluding carboxylic acids is 1. The second-order valence-electron chi connectivity index (χ2n) is 25.5. The van der Waals surface area contributed by atoms with Gasteiger partial charge in [0.05, 0.1) is 28.8 Å². The van der Waals surface area contributed by atoms with Gasteiger partial charge in [-0.2, -0.15) is 0 Å². The predicted octanol–water partition coefficient (Wildman–Crippen LogP) is 18.9. The first-order valence-corrected chi connectivity index (χ1v) is 27.7. The topological polar surface area (TPSA) is 65.0 Å². The molecule has 5 heteroatoms. The number of carbonyl (C=O) groups is 1. The Morgan fingerprint density at radius 3 is 1.22 bits per heavy atom. The summed E-state index contributed by atoms with van der Waals surface area (Å²) in [5, 5.41) is 0. The highest BCUT2D eigenvalue weighted by atomic mass is 16.5. The molecule has 0 amide bonds. The van der Waals surface area contributed by atoms with Crippen LogP contribution in [-0.4, -0.2) is 20.9 Å². The molecule has 3 aromatic heterocycles. The molecule has 0 radical (unpaired) electrons. The maximum absolute atomic E-state index is 14.7. The molecular weight excluding hydrogens is 951 g/mol. The molecule has 0 N–H and O–H groups in total. The molecule has 0 bridgehead atoms. The van der Waals surface area contributed by atoms with Gasteiger partial charge in [-0.25, -0.2) is 4.79 Å². The van der Waals surface area contributed by atoms with Crippen LogP contribution in [-0.2, 0) is 21.7 Å². The van der Waals surface area contributed by atoms with Gasteiger partial charge in [-0.05, 0) is 174 Å². The lowest BCUT2D eigenvalue weighted by Gasteiger charge is -2.44. The van der Waals surface area contributed by atoms with Crippen LogP contribution in [0.5, 0.6) is 5.75 Å². The number of hydrogen-bond acceptors (Lipinski definition) is 5. The Labute approximate surface area is 463 Å². The fraction of sp³-hybridized carbons (Fsp3) is 0.288. The molecule has 9 aromatic rings. The molecule has 0 atom stereocenters. The molecule has 0 saturated heterocycles. The van der Waals surface area contributed by atoms with Crippen LogP contribution in [0.25, 0.3) is 78.3 Å². The number of aryl methyl sites for hydroxylation is 3. The maximum Gasteiger partial charge on any atom is 0.343 e. The van der Waals surface area contributed by atoms with Crippen molar-refractivity contribution in [2.45, 2.75) is 126 Å². The normalized spacial score (nSPS) is 16.8. The Kier molecular flexibility index (Phi) is 12.4. The van der Waals surface area contributed by atoms with Crippen molar-refractivity contribution in [2.75, 3.05) is 0 Å². The van der Waals surface area contributed by atoms with E-state index in [4.69, 9.17) is 19.7 Å². The third kappa shape index (κ3) is 8.09. The van der Waals surface area contributed by atoms with Crippen molar-refractivity contribution in [3.8, 4) is 84.0 Å². The van der Waals surface area contributed by atoms with E-state index in [-0.39, 0.29) is 32.5 Å². The van der Waals surface area contributed by atoms with Crippen molar-refractivity contribution in [3.05, 3.63) is 215 Å².